The maximum absolute atomic E-state index is 12.0. The number of hydrazine groups is 1. The monoisotopic (exact) mass is 328 g/mol. The fourth-order valence-electron chi connectivity index (χ4n) is 2.49. The Morgan fingerprint density at radius 2 is 2.23 bits per heavy atom. The Bertz CT molecular complexity index is 543. The van der Waals surface area contributed by atoms with Crippen LogP contribution in [0.3, 0.4) is 0 Å². The highest BCUT2D eigenvalue weighted by Crippen LogP contribution is 2.35. The summed E-state index contributed by atoms with van der Waals surface area (Å²) in [7, 11) is 0. The first kappa shape index (κ1) is 16.8. The van der Waals surface area contributed by atoms with Gasteiger partial charge in [-0.1, -0.05) is 13.0 Å². The van der Waals surface area contributed by atoms with Crippen molar-refractivity contribution in [3.05, 3.63) is 23.8 Å². The third-order valence-corrected chi connectivity index (χ3v) is 3.91. The van der Waals surface area contributed by atoms with E-state index in [0.717, 1.165) is 23.6 Å². The number of carbonyl (C=O) groups excluding carboxylic acids is 1. The molecule has 8 heteroatoms. The van der Waals surface area contributed by atoms with Crippen molar-refractivity contribution < 1.29 is 14.3 Å². The highest BCUT2D eigenvalue weighted by atomic mass is 35.5. The normalized spacial score (nSPS) is 23.7. The van der Waals surface area contributed by atoms with E-state index >= 15 is 0 Å². The number of ether oxygens (including phenoxy) is 2. The lowest BCUT2D eigenvalue weighted by molar-refractivity contribution is -0.125. The zero-order valence-corrected chi connectivity index (χ0v) is 13.1. The molecule has 1 fully saturated rings. The lowest BCUT2D eigenvalue weighted by Crippen LogP contribution is -2.48. The summed E-state index contributed by atoms with van der Waals surface area (Å²) >= 11 is 0. The van der Waals surface area contributed by atoms with Crippen molar-refractivity contribution in [3.8, 4) is 11.5 Å². The molecule has 0 aromatic heterocycles. The van der Waals surface area contributed by atoms with Crippen molar-refractivity contribution in [2.75, 3.05) is 19.9 Å². The Hall–Kier alpha value is -1.54. The van der Waals surface area contributed by atoms with Crippen LogP contribution in [0.15, 0.2) is 18.2 Å². The highest BCUT2D eigenvalue weighted by Gasteiger charge is 2.31. The van der Waals surface area contributed by atoms with Gasteiger partial charge in [0.05, 0.1) is 0 Å². The van der Waals surface area contributed by atoms with Crippen LogP contribution in [-0.4, -0.2) is 32.0 Å². The summed E-state index contributed by atoms with van der Waals surface area (Å²) in [6, 6.07) is 5.86. The number of fused-ring (bicyclic) bond motifs is 1. The van der Waals surface area contributed by atoms with Gasteiger partial charge in [-0.3, -0.25) is 10.2 Å². The van der Waals surface area contributed by atoms with Crippen LogP contribution in [0.4, 0.5) is 0 Å². The van der Waals surface area contributed by atoms with E-state index in [-0.39, 0.29) is 43.1 Å². The molecule has 2 aliphatic heterocycles. The summed E-state index contributed by atoms with van der Waals surface area (Å²) in [4.78, 5) is 12.0. The molecule has 1 aromatic carbocycles. The lowest BCUT2D eigenvalue weighted by Gasteiger charge is -2.22. The van der Waals surface area contributed by atoms with Crippen LogP contribution in [0.25, 0.3) is 0 Å². The minimum absolute atomic E-state index is 0. The lowest BCUT2D eigenvalue weighted by atomic mass is 9.96. The zero-order valence-electron chi connectivity index (χ0n) is 12.3. The quantitative estimate of drug-likeness (QED) is 0.624. The number of halogens is 1. The maximum Gasteiger partial charge on any atom is 0.231 e. The predicted molar refractivity (Wildman–Crippen MR) is 83.8 cm³/mol. The second kappa shape index (κ2) is 7.15. The Balaban J connectivity index is 0.00000176. The van der Waals surface area contributed by atoms with Crippen molar-refractivity contribution in [3.63, 3.8) is 0 Å². The van der Waals surface area contributed by atoms with E-state index in [4.69, 9.17) is 15.2 Å². The van der Waals surface area contributed by atoms with Crippen molar-refractivity contribution in [1.82, 2.24) is 16.2 Å². The van der Waals surface area contributed by atoms with Gasteiger partial charge in [-0.2, -0.15) is 0 Å². The summed E-state index contributed by atoms with van der Waals surface area (Å²) in [5.74, 6) is 1.37. The Kier molecular flexibility index (Phi) is 5.47. The van der Waals surface area contributed by atoms with Crippen LogP contribution in [0.2, 0.25) is 0 Å². The SMILES string of the molecule is CC(CN)C(=O)NC1NNCC1c1ccc2c(c1)OCO2.Cl. The fourth-order valence-corrected chi connectivity index (χ4v) is 2.49. The highest BCUT2D eigenvalue weighted by molar-refractivity contribution is 5.85. The number of nitrogens with two attached hydrogens (primary N) is 1. The van der Waals surface area contributed by atoms with E-state index in [9.17, 15) is 4.79 Å². The van der Waals surface area contributed by atoms with E-state index in [2.05, 4.69) is 16.2 Å². The molecule has 0 radical (unpaired) electrons. The molecule has 3 unspecified atom stereocenters. The molecular formula is C14H21ClN4O3. The number of carbonyl (C=O) groups is 1. The number of amides is 1. The van der Waals surface area contributed by atoms with Crippen molar-refractivity contribution in [2.24, 2.45) is 11.7 Å². The van der Waals surface area contributed by atoms with Crippen LogP contribution >= 0.6 is 12.4 Å². The van der Waals surface area contributed by atoms with Gasteiger partial charge < -0.3 is 20.5 Å². The third kappa shape index (κ3) is 3.27. The predicted octanol–water partition coefficient (Wildman–Crippen LogP) is 0.0656. The molecule has 1 aromatic rings. The second-order valence-corrected chi connectivity index (χ2v) is 5.37. The van der Waals surface area contributed by atoms with Gasteiger partial charge >= 0.3 is 0 Å². The standard InChI is InChI=1S/C14H20N4O3.ClH/c1-8(5-15)14(19)17-13-10(6-16-18-13)9-2-3-11-12(4-9)21-7-20-11;/h2-4,8,10,13,16,18H,5-7,15H2,1H3,(H,17,19);1H. The van der Waals surface area contributed by atoms with Gasteiger partial charge in [0.2, 0.25) is 12.7 Å². The number of hydrogen-bond acceptors (Lipinski definition) is 6. The van der Waals surface area contributed by atoms with Gasteiger partial charge in [-0.15, -0.1) is 12.4 Å². The molecule has 1 saturated heterocycles. The van der Waals surface area contributed by atoms with Crippen LogP contribution in [0.5, 0.6) is 11.5 Å². The first-order valence-corrected chi connectivity index (χ1v) is 7.07. The van der Waals surface area contributed by atoms with Crippen molar-refractivity contribution in [1.29, 1.82) is 0 Å². The Morgan fingerprint density at radius 1 is 1.45 bits per heavy atom. The second-order valence-electron chi connectivity index (χ2n) is 5.37. The molecule has 2 aliphatic rings. The number of nitrogens with one attached hydrogen (secondary N) is 3. The van der Waals surface area contributed by atoms with E-state index in [0.29, 0.717) is 6.54 Å². The average molecular weight is 329 g/mol. The summed E-state index contributed by atoms with van der Waals surface area (Å²) in [5.41, 5.74) is 12.8. The number of rotatable bonds is 4. The smallest absolute Gasteiger partial charge is 0.231 e. The molecule has 0 bridgehead atoms. The van der Waals surface area contributed by atoms with Crippen LogP contribution < -0.4 is 31.4 Å². The largest absolute Gasteiger partial charge is 0.454 e. The van der Waals surface area contributed by atoms with Crippen LogP contribution in [0.1, 0.15) is 18.4 Å². The zero-order chi connectivity index (χ0) is 14.8. The third-order valence-electron chi connectivity index (χ3n) is 3.91. The Labute approximate surface area is 135 Å². The minimum Gasteiger partial charge on any atom is -0.454 e. The minimum atomic E-state index is -0.204. The summed E-state index contributed by atoms with van der Waals surface area (Å²) in [6.07, 6.45) is -0.174. The van der Waals surface area contributed by atoms with Gasteiger partial charge in [-0.05, 0) is 17.7 Å². The molecular weight excluding hydrogens is 308 g/mol. The average Bonchev–Trinajstić information content (AvgIpc) is 3.13. The number of benzene rings is 1. The first-order chi connectivity index (χ1) is 10.2. The van der Waals surface area contributed by atoms with Gasteiger partial charge in [0.25, 0.3) is 0 Å². The van der Waals surface area contributed by atoms with Crippen LogP contribution in [-0.2, 0) is 4.79 Å². The van der Waals surface area contributed by atoms with Gasteiger partial charge in [-0.25, -0.2) is 5.43 Å². The molecule has 0 aliphatic carbocycles. The maximum atomic E-state index is 12.0. The first-order valence-electron chi connectivity index (χ1n) is 7.07. The van der Waals surface area contributed by atoms with E-state index in [1.807, 2.05) is 25.1 Å². The molecule has 0 saturated carbocycles. The molecule has 122 valence electrons. The van der Waals surface area contributed by atoms with Gasteiger partial charge in [0.15, 0.2) is 11.5 Å². The molecule has 7 nitrogen and oxygen atoms in total. The van der Waals surface area contributed by atoms with Gasteiger partial charge in [0.1, 0.15) is 6.17 Å². The Morgan fingerprint density at radius 3 is 3.00 bits per heavy atom. The van der Waals surface area contributed by atoms with Crippen LogP contribution in [0, 0.1) is 5.92 Å². The molecule has 0 spiro atoms. The van der Waals surface area contributed by atoms with E-state index < -0.39 is 0 Å². The molecule has 22 heavy (non-hydrogen) atoms. The van der Waals surface area contributed by atoms with Crippen molar-refractivity contribution >= 4 is 18.3 Å². The topological polar surface area (TPSA) is 97.6 Å². The van der Waals surface area contributed by atoms with Crippen molar-refractivity contribution in [2.45, 2.75) is 19.0 Å². The fraction of sp³-hybridized carbons (Fsp3) is 0.500. The molecule has 2 heterocycles. The van der Waals surface area contributed by atoms with E-state index in [1.54, 1.807) is 0 Å². The molecule has 3 rings (SSSR count). The summed E-state index contributed by atoms with van der Waals surface area (Å²) in [5, 5.41) is 2.98. The molecule has 3 atom stereocenters. The summed E-state index contributed by atoms with van der Waals surface area (Å²) < 4.78 is 10.7. The van der Waals surface area contributed by atoms with Gasteiger partial charge in [0, 0.05) is 24.9 Å². The molecule has 5 N–H and O–H groups in total. The number of hydrogen-bond donors (Lipinski definition) is 4. The summed E-state index contributed by atoms with van der Waals surface area (Å²) in [6.45, 7) is 3.13. The van der Waals surface area contributed by atoms with E-state index in [1.165, 1.54) is 0 Å². The molecule has 1 amide bonds.